The average Bonchev–Trinajstić information content (AvgIpc) is 2.60. The highest BCUT2D eigenvalue weighted by Gasteiger charge is 2.33. The van der Waals surface area contributed by atoms with E-state index in [9.17, 15) is 13.2 Å². The number of methoxy groups -OCH3 is 1. The highest BCUT2D eigenvalue weighted by molar-refractivity contribution is 7.89. The molecule has 132 valence electrons. The molecule has 0 spiro atoms. The van der Waals surface area contributed by atoms with E-state index in [1.54, 1.807) is 6.07 Å². The van der Waals surface area contributed by atoms with Crippen LogP contribution in [0.15, 0.2) is 17.0 Å². The number of rotatable bonds is 4. The molecule has 24 heavy (non-hydrogen) atoms. The van der Waals surface area contributed by atoms with Gasteiger partial charge in [-0.25, -0.2) is 8.42 Å². The molecule has 0 aromatic heterocycles. The van der Waals surface area contributed by atoms with Gasteiger partial charge >= 0.3 is 0 Å². The second-order valence-corrected chi connectivity index (χ2v) is 8.47. The van der Waals surface area contributed by atoms with Crippen LogP contribution in [-0.4, -0.2) is 38.8 Å². The molecule has 1 aliphatic heterocycles. The van der Waals surface area contributed by atoms with E-state index in [2.05, 4.69) is 0 Å². The number of benzene rings is 1. The Kier molecular flexibility index (Phi) is 4.83. The first-order chi connectivity index (χ1) is 11.4. The molecular formula is C17H24N2O4S. The molecule has 3 rings (SSSR count). The molecule has 1 aromatic rings. The van der Waals surface area contributed by atoms with Gasteiger partial charge in [0.05, 0.1) is 7.11 Å². The number of nitrogens with two attached hydrogens (primary N) is 1. The van der Waals surface area contributed by atoms with E-state index < -0.39 is 10.0 Å². The van der Waals surface area contributed by atoms with Crippen LogP contribution in [0.3, 0.4) is 0 Å². The Morgan fingerprint density at radius 2 is 1.75 bits per heavy atom. The summed E-state index contributed by atoms with van der Waals surface area (Å²) in [6.07, 6.45) is 5.04. The normalized spacial score (nSPS) is 19.7. The smallest absolute Gasteiger partial charge is 0.246 e. The lowest BCUT2D eigenvalue weighted by Gasteiger charge is -2.30. The third kappa shape index (κ3) is 3.15. The largest absolute Gasteiger partial charge is 0.495 e. The molecule has 0 saturated carbocycles. The Hall–Kier alpha value is -1.60. The van der Waals surface area contributed by atoms with Crippen LogP contribution >= 0.6 is 0 Å². The number of hydrogen-bond acceptors (Lipinski definition) is 4. The lowest BCUT2D eigenvalue weighted by atomic mass is 9.92. The SMILES string of the molecule is COc1cc2c(cc1S(=O)(=O)N1CCC(C(N)=O)CC1)CCCC2. The van der Waals surface area contributed by atoms with Crippen LogP contribution in [0.2, 0.25) is 0 Å². The standard InChI is InChI=1S/C17H24N2O4S/c1-23-15-10-13-4-2-3-5-14(13)11-16(15)24(21,22)19-8-6-12(7-9-19)17(18)20/h10-12H,2-9H2,1H3,(H2,18,20). The van der Waals surface area contributed by atoms with E-state index in [0.29, 0.717) is 31.7 Å². The van der Waals surface area contributed by atoms with Crippen LogP contribution in [0.4, 0.5) is 0 Å². The minimum atomic E-state index is -3.63. The second kappa shape index (κ2) is 6.72. The van der Waals surface area contributed by atoms with Crippen molar-refractivity contribution >= 4 is 15.9 Å². The topological polar surface area (TPSA) is 89.7 Å². The maximum atomic E-state index is 13.1. The summed E-state index contributed by atoms with van der Waals surface area (Å²) in [6.45, 7) is 0.631. The summed E-state index contributed by atoms with van der Waals surface area (Å²) in [4.78, 5) is 11.5. The molecule has 6 nitrogen and oxygen atoms in total. The lowest BCUT2D eigenvalue weighted by molar-refractivity contribution is -0.122. The Labute approximate surface area is 143 Å². The fourth-order valence-corrected chi connectivity index (χ4v) is 5.28. The second-order valence-electron chi connectivity index (χ2n) is 6.56. The van der Waals surface area contributed by atoms with Gasteiger partial charge in [-0.15, -0.1) is 0 Å². The molecule has 0 atom stereocenters. The maximum absolute atomic E-state index is 13.1. The molecule has 0 radical (unpaired) electrons. The summed E-state index contributed by atoms with van der Waals surface area (Å²) in [6, 6.07) is 3.65. The highest BCUT2D eigenvalue weighted by Crippen LogP contribution is 2.34. The van der Waals surface area contributed by atoms with Gasteiger partial charge in [0.1, 0.15) is 10.6 Å². The van der Waals surface area contributed by atoms with Gasteiger partial charge in [-0.1, -0.05) is 0 Å². The van der Waals surface area contributed by atoms with Crippen LogP contribution < -0.4 is 10.5 Å². The van der Waals surface area contributed by atoms with Crippen molar-refractivity contribution in [1.82, 2.24) is 4.31 Å². The fourth-order valence-electron chi connectivity index (χ4n) is 3.62. The summed E-state index contributed by atoms with van der Waals surface area (Å²) in [5.74, 6) is -0.173. The minimum absolute atomic E-state index is 0.234. The first kappa shape index (κ1) is 17.2. The van der Waals surface area contributed by atoms with E-state index in [1.165, 1.54) is 17.0 Å². The summed E-state index contributed by atoms with van der Waals surface area (Å²) in [5, 5.41) is 0. The zero-order chi connectivity index (χ0) is 17.3. The Morgan fingerprint density at radius 3 is 2.29 bits per heavy atom. The number of piperidine rings is 1. The van der Waals surface area contributed by atoms with E-state index >= 15 is 0 Å². The van der Waals surface area contributed by atoms with E-state index in [-0.39, 0.29) is 16.7 Å². The predicted molar refractivity (Wildman–Crippen MR) is 90.3 cm³/mol. The molecule has 1 heterocycles. The third-order valence-electron chi connectivity index (χ3n) is 5.10. The quantitative estimate of drug-likeness (QED) is 0.888. The lowest BCUT2D eigenvalue weighted by Crippen LogP contribution is -2.41. The number of hydrogen-bond donors (Lipinski definition) is 1. The monoisotopic (exact) mass is 352 g/mol. The molecule has 1 aliphatic carbocycles. The van der Waals surface area contributed by atoms with Crippen LogP contribution in [0.1, 0.15) is 36.8 Å². The van der Waals surface area contributed by atoms with Gasteiger partial charge in [-0.2, -0.15) is 4.31 Å². The van der Waals surface area contributed by atoms with Crippen molar-refractivity contribution in [2.75, 3.05) is 20.2 Å². The van der Waals surface area contributed by atoms with Crippen molar-refractivity contribution < 1.29 is 17.9 Å². The van der Waals surface area contributed by atoms with Gasteiger partial charge in [0, 0.05) is 19.0 Å². The van der Waals surface area contributed by atoms with Crippen molar-refractivity contribution in [1.29, 1.82) is 0 Å². The van der Waals surface area contributed by atoms with Gasteiger partial charge < -0.3 is 10.5 Å². The number of aryl methyl sites for hydroxylation is 2. The number of fused-ring (bicyclic) bond motifs is 1. The molecule has 0 unspecified atom stereocenters. The summed E-state index contributed by atoms with van der Waals surface area (Å²) < 4.78 is 32.9. The van der Waals surface area contributed by atoms with Gasteiger partial charge in [-0.3, -0.25) is 4.79 Å². The van der Waals surface area contributed by atoms with Crippen molar-refractivity contribution in [2.24, 2.45) is 11.7 Å². The van der Waals surface area contributed by atoms with Crippen LogP contribution in [0, 0.1) is 5.92 Å². The molecule has 1 aromatic carbocycles. The van der Waals surface area contributed by atoms with Crippen molar-refractivity contribution in [3.05, 3.63) is 23.3 Å². The van der Waals surface area contributed by atoms with E-state index in [4.69, 9.17) is 10.5 Å². The predicted octanol–water partition coefficient (Wildman–Crippen LogP) is 1.46. The van der Waals surface area contributed by atoms with Gasteiger partial charge in [-0.05, 0) is 61.8 Å². The summed E-state index contributed by atoms with van der Waals surface area (Å²) in [5.41, 5.74) is 7.62. The number of sulfonamides is 1. The van der Waals surface area contributed by atoms with Crippen molar-refractivity contribution in [3.63, 3.8) is 0 Å². The molecule has 1 saturated heterocycles. The highest BCUT2D eigenvalue weighted by atomic mass is 32.2. The van der Waals surface area contributed by atoms with Crippen LogP contribution in [0.25, 0.3) is 0 Å². The van der Waals surface area contributed by atoms with Gasteiger partial charge in [0.15, 0.2) is 0 Å². The number of carbonyl (C=O) groups is 1. The van der Waals surface area contributed by atoms with Crippen molar-refractivity contribution in [3.8, 4) is 5.75 Å². The molecular weight excluding hydrogens is 328 g/mol. The molecule has 1 fully saturated rings. The third-order valence-corrected chi connectivity index (χ3v) is 7.02. The molecule has 0 bridgehead atoms. The Bertz CT molecular complexity index is 737. The van der Waals surface area contributed by atoms with Crippen LogP contribution in [-0.2, 0) is 27.7 Å². The van der Waals surface area contributed by atoms with E-state index in [0.717, 1.165) is 31.2 Å². The number of nitrogens with zero attached hydrogens (tertiary/aromatic N) is 1. The number of carbonyl (C=O) groups excluding carboxylic acids is 1. The number of amides is 1. The fraction of sp³-hybridized carbons (Fsp3) is 0.588. The van der Waals surface area contributed by atoms with E-state index in [1.807, 2.05) is 6.07 Å². The van der Waals surface area contributed by atoms with Crippen molar-refractivity contribution in [2.45, 2.75) is 43.4 Å². The average molecular weight is 352 g/mol. The first-order valence-corrected chi connectivity index (χ1v) is 9.86. The Balaban J connectivity index is 1.91. The molecule has 2 aliphatic rings. The van der Waals surface area contributed by atoms with Gasteiger partial charge in [0.2, 0.25) is 15.9 Å². The maximum Gasteiger partial charge on any atom is 0.246 e. The zero-order valence-electron chi connectivity index (χ0n) is 14.0. The van der Waals surface area contributed by atoms with Gasteiger partial charge in [0.25, 0.3) is 0 Å². The van der Waals surface area contributed by atoms with Crippen LogP contribution in [0.5, 0.6) is 5.75 Å². The minimum Gasteiger partial charge on any atom is -0.495 e. The summed E-state index contributed by atoms with van der Waals surface area (Å²) in [7, 11) is -2.13. The zero-order valence-corrected chi connectivity index (χ0v) is 14.8. The Morgan fingerprint density at radius 1 is 1.17 bits per heavy atom. The molecule has 7 heteroatoms. The number of ether oxygens (including phenoxy) is 1. The number of primary amides is 1. The molecule has 1 amide bonds. The summed E-state index contributed by atoms with van der Waals surface area (Å²) >= 11 is 0. The molecule has 2 N–H and O–H groups in total. The first-order valence-electron chi connectivity index (χ1n) is 8.42.